The molecule has 3 rings (SSSR count). The summed E-state index contributed by atoms with van der Waals surface area (Å²) < 4.78 is 6.58. The lowest BCUT2D eigenvalue weighted by Gasteiger charge is -2.01. The Hall–Kier alpha value is -1.35. The van der Waals surface area contributed by atoms with E-state index in [1.54, 1.807) is 35.6 Å². The molecule has 5 nitrogen and oxygen atoms in total. The minimum atomic E-state index is -0.0873. The zero-order valence-corrected chi connectivity index (χ0v) is 16.1. The van der Waals surface area contributed by atoms with Gasteiger partial charge in [-0.25, -0.2) is 0 Å². The van der Waals surface area contributed by atoms with E-state index >= 15 is 0 Å². The van der Waals surface area contributed by atoms with Crippen molar-refractivity contribution in [2.24, 2.45) is 0 Å². The molecule has 0 saturated carbocycles. The number of amides is 1. The van der Waals surface area contributed by atoms with E-state index in [1.165, 1.54) is 11.8 Å². The number of carbonyl (C=O) groups excluding carboxylic acids is 1. The highest BCUT2D eigenvalue weighted by Crippen LogP contribution is 2.24. The lowest BCUT2D eigenvalue weighted by atomic mass is 10.2. The molecule has 0 saturated heterocycles. The van der Waals surface area contributed by atoms with Crippen LogP contribution in [-0.4, -0.2) is 21.9 Å². The SMILES string of the molecule is O=C(CSc1nnc(-c2ccc(Cl)cc2)o1)NCc1ccc(Br)s1. The molecule has 9 heteroatoms. The van der Waals surface area contributed by atoms with Gasteiger partial charge in [-0.1, -0.05) is 23.4 Å². The highest BCUT2D eigenvalue weighted by molar-refractivity contribution is 9.11. The van der Waals surface area contributed by atoms with Gasteiger partial charge in [0.05, 0.1) is 16.1 Å². The van der Waals surface area contributed by atoms with Crippen LogP contribution < -0.4 is 5.32 Å². The second-order valence-electron chi connectivity index (χ2n) is 4.65. The lowest BCUT2D eigenvalue weighted by Crippen LogP contribution is -2.24. The molecule has 0 bridgehead atoms. The monoisotopic (exact) mass is 443 g/mol. The van der Waals surface area contributed by atoms with Crippen LogP contribution in [0.2, 0.25) is 5.02 Å². The summed E-state index contributed by atoms with van der Waals surface area (Å²) in [5.41, 5.74) is 0.784. The van der Waals surface area contributed by atoms with Gasteiger partial charge in [0, 0.05) is 15.5 Å². The zero-order chi connectivity index (χ0) is 16.9. The van der Waals surface area contributed by atoms with Gasteiger partial charge < -0.3 is 9.73 Å². The third-order valence-electron chi connectivity index (χ3n) is 2.91. The average molecular weight is 445 g/mol. The van der Waals surface area contributed by atoms with Gasteiger partial charge in [-0.05, 0) is 52.3 Å². The summed E-state index contributed by atoms with van der Waals surface area (Å²) in [5, 5.41) is 11.8. The minimum absolute atomic E-state index is 0.0873. The highest BCUT2D eigenvalue weighted by atomic mass is 79.9. The summed E-state index contributed by atoms with van der Waals surface area (Å²) in [4.78, 5) is 13.0. The van der Waals surface area contributed by atoms with Gasteiger partial charge >= 0.3 is 0 Å². The van der Waals surface area contributed by atoms with Gasteiger partial charge in [-0.15, -0.1) is 21.5 Å². The Morgan fingerprint density at radius 3 is 2.75 bits per heavy atom. The van der Waals surface area contributed by atoms with Crippen molar-refractivity contribution in [3.8, 4) is 11.5 Å². The van der Waals surface area contributed by atoms with Crippen LogP contribution >= 0.6 is 50.6 Å². The van der Waals surface area contributed by atoms with Crippen molar-refractivity contribution in [2.75, 3.05) is 5.75 Å². The quantitative estimate of drug-likeness (QED) is 0.562. The second kappa shape index (κ2) is 8.15. The maximum Gasteiger partial charge on any atom is 0.277 e. The molecule has 0 unspecified atom stereocenters. The van der Waals surface area contributed by atoms with E-state index in [0.717, 1.165) is 14.2 Å². The minimum Gasteiger partial charge on any atom is -0.411 e. The van der Waals surface area contributed by atoms with E-state index in [9.17, 15) is 4.79 Å². The van der Waals surface area contributed by atoms with E-state index in [1.807, 2.05) is 12.1 Å². The zero-order valence-electron chi connectivity index (χ0n) is 12.2. The normalized spacial score (nSPS) is 10.8. The first-order valence-corrected chi connectivity index (χ1v) is 9.80. The molecular formula is C15H11BrClN3O2S2. The molecule has 1 amide bonds. The van der Waals surface area contributed by atoms with Crippen molar-refractivity contribution in [2.45, 2.75) is 11.8 Å². The van der Waals surface area contributed by atoms with Crippen LogP contribution in [0.25, 0.3) is 11.5 Å². The average Bonchev–Trinajstić information content (AvgIpc) is 3.21. The van der Waals surface area contributed by atoms with Crippen LogP contribution in [0.15, 0.2) is 49.8 Å². The molecule has 0 aliphatic heterocycles. The predicted octanol–water partition coefficient (Wildman–Crippen LogP) is 4.62. The van der Waals surface area contributed by atoms with Gasteiger partial charge in [-0.3, -0.25) is 4.79 Å². The Balaban J connectivity index is 1.49. The number of nitrogens with zero attached hydrogens (tertiary/aromatic N) is 2. The van der Waals surface area contributed by atoms with Gasteiger partial charge in [-0.2, -0.15) is 0 Å². The number of halogens is 2. The largest absolute Gasteiger partial charge is 0.411 e. The van der Waals surface area contributed by atoms with E-state index in [0.29, 0.717) is 22.7 Å². The number of nitrogens with one attached hydrogen (secondary N) is 1. The maximum atomic E-state index is 11.9. The van der Waals surface area contributed by atoms with Crippen LogP contribution in [0.3, 0.4) is 0 Å². The summed E-state index contributed by atoms with van der Waals surface area (Å²) >= 11 is 12.0. The van der Waals surface area contributed by atoms with Gasteiger partial charge in [0.25, 0.3) is 5.22 Å². The molecule has 0 spiro atoms. The Bertz CT molecular complexity index is 835. The molecule has 1 aromatic carbocycles. The fourth-order valence-corrected chi connectivity index (χ4v) is 3.93. The fraction of sp³-hybridized carbons (Fsp3) is 0.133. The Morgan fingerprint density at radius 2 is 2.04 bits per heavy atom. The molecule has 0 atom stereocenters. The number of carbonyl (C=O) groups is 1. The standard InChI is InChI=1S/C15H11BrClN3O2S2/c16-12-6-5-11(24-12)7-18-13(21)8-23-15-20-19-14(22-15)9-1-3-10(17)4-2-9/h1-6H,7-8H2,(H,18,21). The molecule has 0 aliphatic rings. The van der Waals surface area contributed by atoms with Gasteiger partial charge in [0.15, 0.2) is 0 Å². The summed E-state index contributed by atoms with van der Waals surface area (Å²) in [7, 11) is 0. The van der Waals surface area contributed by atoms with E-state index in [4.69, 9.17) is 16.0 Å². The summed E-state index contributed by atoms with van der Waals surface area (Å²) in [6.45, 7) is 0.509. The molecule has 3 aromatic rings. The smallest absolute Gasteiger partial charge is 0.277 e. The number of benzene rings is 1. The number of rotatable bonds is 6. The van der Waals surface area contributed by atoms with Crippen LogP contribution in [0.1, 0.15) is 4.88 Å². The maximum absolute atomic E-state index is 11.9. The topological polar surface area (TPSA) is 68.0 Å². The third-order valence-corrected chi connectivity index (χ3v) is 5.61. The molecule has 2 aromatic heterocycles. The highest BCUT2D eigenvalue weighted by Gasteiger charge is 2.11. The molecule has 24 heavy (non-hydrogen) atoms. The van der Waals surface area contributed by atoms with Crippen LogP contribution in [0.4, 0.5) is 0 Å². The number of thioether (sulfide) groups is 1. The van der Waals surface area contributed by atoms with Crippen molar-refractivity contribution in [3.05, 3.63) is 50.1 Å². The van der Waals surface area contributed by atoms with E-state index < -0.39 is 0 Å². The van der Waals surface area contributed by atoms with Crippen molar-refractivity contribution < 1.29 is 9.21 Å². The van der Waals surface area contributed by atoms with Crippen LogP contribution in [0, 0.1) is 0 Å². The summed E-state index contributed by atoms with van der Waals surface area (Å²) in [5.74, 6) is 0.531. The molecule has 0 radical (unpaired) electrons. The Kier molecular flexibility index (Phi) is 5.94. The van der Waals surface area contributed by atoms with Gasteiger partial charge in [0.2, 0.25) is 11.8 Å². The lowest BCUT2D eigenvalue weighted by molar-refractivity contribution is -0.118. The number of aromatic nitrogens is 2. The van der Waals surface area contributed by atoms with Crippen molar-refractivity contribution >= 4 is 56.5 Å². The van der Waals surface area contributed by atoms with Gasteiger partial charge in [0.1, 0.15) is 0 Å². The van der Waals surface area contributed by atoms with E-state index in [-0.39, 0.29) is 11.7 Å². The molecule has 0 fully saturated rings. The Labute approximate surface area is 159 Å². The van der Waals surface area contributed by atoms with Crippen LogP contribution in [-0.2, 0) is 11.3 Å². The first kappa shape index (κ1) is 17.5. The molecule has 0 aliphatic carbocycles. The first-order chi connectivity index (χ1) is 11.6. The first-order valence-electron chi connectivity index (χ1n) is 6.83. The molecular weight excluding hydrogens is 434 g/mol. The van der Waals surface area contributed by atoms with E-state index in [2.05, 4.69) is 31.4 Å². The Morgan fingerprint density at radius 1 is 1.25 bits per heavy atom. The fourth-order valence-electron chi connectivity index (χ4n) is 1.79. The number of hydrogen-bond donors (Lipinski definition) is 1. The number of thiophene rings is 1. The van der Waals surface area contributed by atoms with Crippen molar-refractivity contribution in [1.82, 2.24) is 15.5 Å². The van der Waals surface area contributed by atoms with Crippen molar-refractivity contribution in [1.29, 1.82) is 0 Å². The predicted molar refractivity (Wildman–Crippen MR) is 99.3 cm³/mol. The molecule has 124 valence electrons. The van der Waals surface area contributed by atoms with Crippen LogP contribution in [0.5, 0.6) is 0 Å². The summed E-state index contributed by atoms with van der Waals surface area (Å²) in [6.07, 6.45) is 0. The van der Waals surface area contributed by atoms with Crippen molar-refractivity contribution in [3.63, 3.8) is 0 Å². The number of hydrogen-bond acceptors (Lipinski definition) is 6. The second-order valence-corrected chi connectivity index (χ2v) is 8.56. The molecule has 1 N–H and O–H groups in total. The molecule has 2 heterocycles. The summed E-state index contributed by atoms with van der Waals surface area (Å²) in [6, 6.07) is 11.0. The third kappa shape index (κ3) is 4.83.